The van der Waals surface area contributed by atoms with Gasteiger partial charge < -0.3 is 37.6 Å². The van der Waals surface area contributed by atoms with Gasteiger partial charge in [0.05, 0.1) is 6.04 Å². The summed E-state index contributed by atoms with van der Waals surface area (Å²) in [6.07, 6.45) is 1.61. The molecule has 0 saturated carbocycles. The lowest BCUT2D eigenvalue weighted by molar-refractivity contribution is -0.143. The number of rotatable bonds is 18. The first kappa shape index (κ1) is 32.3. The van der Waals surface area contributed by atoms with E-state index in [2.05, 4.69) is 16.0 Å². The maximum absolute atomic E-state index is 13.1. The third-order valence-electron chi connectivity index (χ3n) is 5.25. The molecule has 0 aromatic rings. The maximum Gasteiger partial charge on any atom is 0.326 e. The van der Waals surface area contributed by atoms with E-state index < -0.39 is 60.2 Å². The van der Waals surface area contributed by atoms with Gasteiger partial charge in [-0.3, -0.25) is 19.2 Å². The smallest absolute Gasteiger partial charge is 0.326 e. The molecular formula is C23H43N5O7. The topological polar surface area (TPSA) is 214 Å². The molecule has 12 nitrogen and oxygen atoms in total. The zero-order valence-corrected chi connectivity index (χ0v) is 21.2. The van der Waals surface area contributed by atoms with Crippen LogP contribution in [0.4, 0.5) is 0 Å². The van der Waals surface area contributed by atoms with E-state index in [1.54, 1.807) is 0 Å². The van der Waals surface area contributed by atoms with Crippen LogP contribution < -0.4 is 27.4 Å². The van der Waals surface area contributed by atoms with Crippen LogP contribution in [0.1, 0.15) is 72.6 Å². The number of carbonyl (C=O) groups excluding carboxylic acids is 3. The van der Waals surface area contributed by atoms with Crippen molar-refractivity contribution in [3.05, 3.63) is 0 Å². The van der Waals surface area contributed by atoms with E-state index >= 15 is 0 Å². The number of amides is 3. The van der Waals surface area contributed by atoms with E-state index in [-0.39, 0.29) is 24.7 Å². The number of unbranched alkanes of at least 4 members (excludes halogenated alkanes) is 1. The number of carbonyl (C=O) groups is 5. The van der Waals surface area contributed by atoms with E-state index in [9.17, 15) is 29.1 Å². The maximum atomic E-state index is 13.1. The van der Waals surface area contributed by atoms with Gasteiger partial charge in [0.15, 0.2) is 0 Å². The first-order valence-corrected chi connectivity index (χ1v) is 12.1. The average Bonchev–Trinajstić information content (AvgIpc) is 2.74. The Morgan fingerprint density at radius 2 is 1.17 bits per heavy atom. The highest BCUT2D eigenvalue weighted by Gasteiger charge is 2.31. The average molecular weight is 502 g/mol. The minimum atomic E-state index is -1.41. The molecule has 0 aliphatic heterocycles. The van der Waals surface area contributed by atoms with Crippen molar-refractivity contribution in [2.24, 2.45) is 23.3 Å². The van der Waals surface area contributed by atoms with Crippen LogP contribution in [0.3, 0.4) is 0 Å². The molecule has 4 atom stereocenters. The van der Waals surface area contributed by atoms with Gasteiger partial charge in [0.1, 0.15) is 18.1 Å². The quantitative estimate of drug-likeness (QED) is 0.125. The van der Waals surface area contributed by atoms with Gasteiger partial charge in [-0.05, 0) is 50.5 Å². The predicted octanol–water partition coefficient (Wildman–Crippen LogP) is -0.0613. The molecule has 0 spiro atoms. The Balaban J connectivity index is 5.44. The first-order valence-electron chi connectivity index (χ1n) is 12.1. The lowest BCUT2D eigenvalue weighted by Gasteiger charge is -2.26. The van der Waals surface area contributed by atoms with Crippen LogP contribution in [0.5, 0.6) is 0 Å². The number of carboxylic acids is 2. The van der Waals surface area contributed by atoms with E-state index in [4.69, 9.17) is 16.6 Å². The normalized spacial score (nSPS) is 14.6. The highest BCUT2D eigenvalue weighted by Crippen LogP contribution is 2.10. The summed E-state index contributed by atoms with van der Waals surface area (Å²) < 4.78 is 0. The van der Waals surface area contributed by atoms with Crippen molar-refractivity contribution in [1.29, 1.82) is 0 Å². The molecule has 35 heavy (non-hydrogen) atoms. The second kappa shape index (κ2) is 16.8. The van der Waals surface area contributed by atoms with Gasteiger partial charge in [0.25, 0.3) is 0 Å². The van der Waals surface area contributed by atoms with Gasteiger partial charge in [-0.25, -0.2) is 4.79 Å². The Labute approximate surface area is 206 Å². The molecule has 0 aliphatic carbocycles. The lowest BCUT2D eigenvalue weighted by Crippen LogP contribution is -2.57. The summed E-state index contributed by atoms with van der Waals surface area (Å²) in [6.45, 7) is 7.92. The van der Waals surface area contributed by atoms with Crippen molar-refractivity contribution in [3.8, 4) is 0 Å². The highest BCUT2D eigenvalue weighted by atomic mass is 16.4. The molecule has 3 amide bonds. The fourth-order valence-electron chi connectivity index (χ4n) is 3.39. The summed E-state index contributed by atoms with van der Waals surface area (Å²) in [5.74, 6) is -4.34. The molecule has 0 aliphatic rings. The second-order valence-corrected chi connectivity index (χ2v) is 9.60. The molecular weight excluding hydrogens is 458 g/mol. The van der Waals surface area contributed by atoms with Crippen LogP contribution in [0, 0.1) is 11.8 Å². The van der Waals surface area contributed by atoms with Crippen molar-refractivity contribution in [3.63, 3.8) is 0 Å². The Bertz CT molecular complexity index is 714. The minimum Gasteiger partial charge on any atom is -0.481 e. The van der Waals surface area contributed by atoms with Crippen LogP contribution in [0.2, 0.25) is 0 Å². The summed E-state index contributed by atoms with van der Waals surface area (Å²) in [5.41, 5.74) is 11.4. The van der Waals surface area contributed by atoms with Gasteiger partial charge in [0, 0.05) is 6.42 Å². The first-order chi connectivity index (χ1) is 16.3. The summed E-state index contributed by atoms with van der Waals surface area (Å²) in [4.78, 5) is 60.7. The summed E-state index contributed by atoms with van der Waals surface area (Å²) >= 11 is 0. The van der Waals surface area contributed by atoms with Crippen LogP contribution in [-0.2, 0) is 24.0 Å². The fourth-order valence-corrected chi connectivity index (χ4v) is 3.39. The van der Waals surface area contributed by atoms with Gasteiger partial charge in [-0.1, -0.05) is 34.1 Å². The van der Waals surface area contributed by atoms with Crippen molar-refractivity contribution in [2.45, 2.75) is 96.8 Å². The van der Waals surface area contributed by atoms with Crippen LogP contribution in [0.25, 0.3) is 0 Å². The molecule has 4 unspecified atom stereocenters. The Morgan fingerprint density at radius 1 is 0.714 bits per heavy atom. The minimum absolute atomic E-state index is 0.0255. The molecule has 9 N–H and O–H groups in total. The SMILES string of the molecule is CC(C)CC(NC(=O)C(N)CCCCN)C(=O)NC(CC(C)C)C(=O)NC(CCC(=O)O)C(=O)O. The zero-order chi connectivity index (χ0) is 27.1. The van der Waals surface area contributed by atoms with E-state index in [1.807, 2.05) is 27.7 Å². The third kappa shape index (κ3) is 14.3. The van der Waals surface area contributed by atoms with E-state index in [0.29, 0.717) is 25.8 Å². The molecule has 0 saturated heterocycles. The number of aliphatic carboxylic acids is 2. The predicted molar refractivity (Wildman–Crippen MR) is 130 cm³/mol. The Hall–Kier alpha value is -2.73. The van der Waals surface area contributed by atoms with Gasteiger partial charge >= 0.3 is 11.9 Å². The molecule has 0 aromatic carbocycles. The van der Waals surface area contributed by atoms with Crippen LogP contribution in [-0.4, -0.2) is 70.6 Å². The highest BCUT2D eigenvalue weighted by molar-refractivity contribution is 5.94. The van der Waals surface area contributed by atoms with Crippen LogP contribution >= 0.6 is 0 Å². The number of nitrogens with one attached hydrogen (secondary N) is 3. The summed E-state index contributed by atoms with van der Waals surface area (Å²) in [7, 11) is 0. The van der Waals surface area contributed by atoms with Gasteiger partial charge in [-0.2, -0.15) is 0 Å². The Morgan fingerprint density at radius 3 is 1.57 bits per heavy atom. The number of hydrogen-bond acceptors (Lipinski definition) is 7. The molecule has 0 heterocycles. The summed E-state index contributed by atoms with van der Waals surface area (Å²) in [5, 5.41) is 25.8. The fraction of sp³-hybridized carbons (Fsp3) is 0.783. The number of carboxylic acid groups (broad SMARTS) is 2. The number of nitrogens with two attached hydrogens (primary N) is 2. The largest absolute Gasteiger partial charge is 0.481 e. The second-order valence-electron chi connectivity index (χ2n) is 9.60. The van der Waals surface area contributed by atoms with Crippen molar-refractivity contribution in [2.75, 3.05) is 6.54 Å². The van der Waals surface area contributed by atoms with Crippen LogP contribution in [0.15, 0.2) is 0 Å². The summed E-state index contributed by atoms with van der Waals surface area (Å²) in [6, 6.07) is -4.22. The monoisotopic (exact) mass is 501 g/mol. The lowest BCUT2D eigenvalue weighted by atomic mass is 9.99. The molecule has 0 radical (unpaired) electrons. The standard InChI is InChI=1S/C23H43N5O7/c1-13(2)11-17(27-20(31)15(25)7-5-6-10-24)22(33)28-18(12-14(3)4)21(32)26-16(23(34)35)8-9-19(29)30/h13-18H,5-12,24-25H2,1-4H3,(H,26,32)(H,27,31)(H,28,33)(H,29,30)(H,34,35). The van der Waals surface area contributed by atoms with Crippen molar-refractivity contribution >= 4 is 29.7 Å². The van der Waals surface area contributed by atoms with E-state index in [1.165, 1.54) is 0 Å². The molecule has 12 heteroatoms. The molecule has 0 aromatic heterocycles. The van der Waals surface area contributed by atoms with Gasteiger partial charge in [0.2, 0.25) is 17.7 Å². The zero-order valence-electron chi connectivity index (χ0n) is 21.2. The molecule has 0 rings (SSSR count). The number of hydrogen-bond donors (Lipinski definition) is 7. The molecule has 0 bridgehead atoms. The molecule has 0 fully saturated rings. The van der Waals surface area contributed by atoms with Gasteiger partial charge in [-0.15, -0.1) is 0 Å². The molecule has 202 valence electrons. The van der Waals surface area contributed by atoms with Crippen molar-refractivity contribution in [1.82, 2.24) is 16.0 Å². The Kier molecular flexibility index (Phi) is 15.5. The van der Waals surface area contributed by atoms with E-state index in [0.717, 1.165) is 6.42 Å². The third-order valence-corrected chi connectivity index (χ3v) is 5.25. The van der Waals surface area contributed by atoms with Crippen molar-refractivity contribution < 1.29 is 34.2 Å².